The third kappa shape index (κ3) is 3.46. The molecular formula is C27H21NO5. The maximum absolute atomic E-state index is 13.6. The number of carbonyl (C=O) groups excluding carboxylic acids is 2. The number of aliphatic hydroxyl groups excluding tert-OH is 1. The van der Waals surface area contributed by atoms with Gasteiger partial charge in [-0.1, -0.05) is 36.4 Å². The summed E-state index contributed by atoms with van der Waals surface area (Å²) in [6, 6.07) is 19.8. The predicted octanol–water partition coefficient (Wildman–Crippen LogP) is 5.54. The van der Waals surface area contributed by atoms with Crippen molar-refractivity contribution in [3.8, 4) is 5.75 Å². The van der Waals surface area contributed by atoms with Crippen molar-refractivity contribution >= 4 is 28.3 Å². The average Bonchev–Trinajstić information content (AvgIpc) is 3.33. The highest BCUT2D eigenvalue weighted by Crippen LogP contribution is 2.43. The minimum absolute atomic E-state index is 0.0385. The maximum Gasteiger partial charge on any atom is 0.294 e. The molecule has 4 aromatic rings. The smallest absolute Gasteiger partial charge is 0.294 e. The van der Waals surface area contributed by atoms with Crippen LogP contribution in [0, 0.1) is 13.8 Å². The van der Waals surface area contributed by atoms with Crippen molar-refractivity contribution in [3.63, 3.8) is 0 Å². The maximum atomic E-state index is 13.6. The Hall–Kier alpha value is -4.32. The minimum Gasteiger partial charge on any atom is -0.508 e. The number of nitrogens with zero attached hydrogens (tertiary/aromatic N) is 1. The Morgan fingerprint density at radius 2 is 1.58 bits per heavy atom. The number of benzene rings is 3. The number of fused-ring (bicyclic) bond motifs is 1. The van der Waals surface area contributed by atoms with Crippen LogP contribution in [0.5, 0.6) is 5.75 Å². The predicted molar refractivity (Wildman–Crippen MR) is 124 cm³/mol. The van der Waals surface area contributed by atoms with Crippen LogP contribution < -0.4 is 4.90 Å². The molecule has 1 amide bonds. The van der Waals surface area contributed by atoms with Crippen LogP contribution in [0.1, 0.15) is 33.3 Å². The molecule has 2 N–H and O–H groups in total. The van der Waals surface area contributed by atoms with Crippen LogP contribution >= 0.6 is 0 Å². The Bertz CT molecular complexity index is 1390. The van der Waals surface area contributed by atoms with Gasteiger partial charge in [-0.2, -0.15) is 0 Å². The molecule has 164 valence electrons. The van der Waals surface area contributed by atoms with E-state index in [1.807, 2.05) is 44.2 Å². The summed E-state index contributed by atoms with van der Waals surface area (Å²) in [4.78, 5) is 28.3. The highest BCUT2D eigenvalue weighted by molar-refractivity contribution is 6.20. The van der Waals surface area contributed by atoms with Gasteiger partial charge in [0.1, 0.15) is 11.3 Å². The second-order valence-corrected chi connectivity index (χ2v) is 8.26. The molecule has 0 aliphatic carbocycles. The number of furan rings is 1. The largest absolute Gasteiger partial charge is 0.508 e. The van der Waals surface area contributed by atoms with Gasteiger partial charge in [0.25, 0.3) is 5.91 Å². The Morgan fingerprint density at radius 3 is 2.24 bits per heavy atom. The van der Waals surface area contributed by atoms with Crippen LogP contribution in [0.15, 0.2) is 88.5 Å². The Balaban J connectivity index is 1.68. The molecule has 1 atom stereocenters. The Morgan fingerprint density at radius 1 is 0.909 bits per heavy atom. The molecule has 3 aromatic carbocycles. The molecule has 2 heterocycles. The molecule has 1 unspecified atom stereocenters. The van der Waals surface area contributed by atoms with E-state index in [0.717, 1.165) is 16.5 Å². The average molecular weight is 439 g/mol. The van der Waals surface area contributed by atoms with Crippen LogP contribution in [-0.4, -0.2) is 21.9 Å². The molecule has 1 aliphatic rings. The monoisotopic (exact) mass is 439 g/mol. The van der Waals surface area contributed by atoms with E-state index in [0.29, 0.717) is 16.8 Å². The van der Waals surface area contributed by atoms with Gasteiger partial charge >= 0.3 is 0 Å². The third-order valence-electron chi connectivity index (χ3n) is 5.80. The van der Waals surface area contributed by atoms with Gasteiger partial charge in [0, 0.05) is 11.1 Å². The molecular weight excluding hydrogens is 418 g/mol. The Kier molecular flexibility index (Phi) is 4.78. The number of amides is 1. The molecule has 0 radical (unpaired) electrons. The number of hydrogen-bond donors (Lipinski definition) is 2. The normalized spacial score (nSPS) is 16.1. The van der Waals surface area contributed by atoms with Gasteiger partial charge in [-0.3, -0.25) is 14.5 Å². The van der Waals surface area contributed by atoms with Crippen molar-refractivity contribution in [2.45, 2.75) is 19.9 Å². The summed E-state index contributed by atoms with van der Waals surface area (Å²) in [5.74, 6) is -1.76. The van der Waals surface area contributed by atoms with Crippen molar-refractivity contribution in [2.24, 2.45) is 0 Å². The number of phenols is 1. The van der Waals surface area contributed by atoms with E-state index < -0.39 is 23.5 Å². The third-order valence-corrected chi connectivity index (χ3v) is 5.80. The summed E-state index contributed by atoms with van der Waals surface area (Å²) in [6.45, 7) is 3.83. The van der Waals surface area contributed by atoms with Crippen molar-refractivity contribution in [2.75, 3.05) is 4.90 Å². The molecule has 0 saturated heterocycles. The van der Waals surface area contributed by atoms with Crippen LogP contribution in [0.2, 0.25) is 0 Å². The fourth-order valence-electron chi connectivity index (χ4n) is 4.39. The molecule has 0 saturated carbocycles. The number of aromatic hydroxyl groups is 1. The van der Waals surface area contributed by atoms with Crippen LogP contribution in [0.3, 0.4) is 0 Å². The zero-order valence-electron chi connectivity index (χ0n) is 18.1. The van der Waals surface area contributed by atoms with Crippen molar-refractivity contribution < 1.29 is 24.2 Å². The lowest BCUT2D eigenvalue weighted by molar-refractivity contribution is -0.117. The van der Waals surface area contributed by atoms with Gasteiger partial charge in [-0.25, -0.2) is 0 Å². The number of Topliss-reactive ketones (excluding diaryl/α,β-unsaturated/α-hetero) is 1. The first-order chi connectivity index (χ1) is 15.8. The quantitative estimate of drug-likeness (QED) is 0.408. The zero-order valence-corrected chi connectivity index (χ0v) is 18.1. The number of carbonyl (C=O) groups is 2. The number of anilines is 1. The van der Waals surface area contributed by atoms with Gasteiger partial charge in [-0.15, -0.1) is 0 Å². The molecule has 6 nitrogen and oxygen atoms in total. The first-order valence-corrected chi connectivity index (χ1v) is 10.5. The van der Waals surface area contributed by atoms with E-state index in [-0.39, 0.29) is 17.1 Å². The fraction of sp³-hybridized carbons (Fsp3) is 0.111. The SMILES string of the molecule is Cc1cc(C)cc(N2C(=O)C(O)=C(C(=O)c3cc4ccccc4o3)C2c2ccc(O)cc2)c1. The fourth-order valence-corrected chi connectivity index (χ4v) is 4.39. The number of phenolic OH excluding ortho intramolecular Hbond substituents is 1. The van der Waals surface area contributed by atoms with Crippen LogP contribution in [0.4, 0.5) is 5.69 Å². The van der Waals surface area contributed by atoms with E-state index in [1.54, 1.807) is 30.3 Å². The highest BCUT2D eigenvalue weighted by Gasteiger charge is 2.45. The summed E-state index contributed by atoms with van der Waals surface area (Å²) in [7, 11) is 0. The number of aliphatic hydroxyl groups is 1. The van der Waals surface area contributed by atoms with E-state index >= 15 is 0 Å². The lowest BCUT2D eigenvalue weighted by Gasteiger charge is -2.27. The molecule has 0 fully saturated rings. The minimum atomic E-state index is -0.889. The van der Waals surface area contributed by atoms with Gasteiger partial charge in [0.05, 0.1) is 11.6 Å². The van der Waals surface area contributed by atoms with Gasteiger partial charge in [-0.05, 0) is 66.9 Å². The first-order valence-electron chi connectivity index (χ1n) is 10.5. The van der Waals surface area contributed by atoms with Crippen molar-refractivity contribution in [1.29, 1.82) is 0 Å². The van der Waals surface area contributed by atoms with Crippen molar-refractivity contribution in [3.05, 3.63) is 107 Å². The molecule has 0 spiro atoms. The molecule has 6 heteroatoms. The summed E-state index contributed by atoms with van der Waals surface area (Å²) < 4.78 is 5.74. The van der Waals surface area contributed by atoms with E-state index in [9.17, 15) is 19.8 Å². The highest BCUT2D eigenvalue weighted by atomic mass is 16.3. The molecule has 33 heavy (non-hydrogen) atoms. The lowest BCUT2D eigenvalue weighted by atomic mass is 9.94. The molecule has 1 aliphatic heterocycles. The molecule has 1 aromatic heterocycles. The van der Waals surface area contributed by atoms with Gasteiger partial charge in [0.2, 0.25) is 5.78 Å². The summed E-state index contributed by atoms with van der Waals surface area (Å²) in [6.07, 6.45) is 0. The molecule has 5 rings (SSSR count). The topological polar surface area (TPSA) is 91.0 Å². The van der Waals surface area contributed by atoms with Crippen LogP contribution in [-0.2, 0) is 4.79 Å². The van der Waals surface area contributed by atoms with Crippen molar-refractivity contribution in [1.82, 2.24) is 0 Å². The van der Waals surface area contributed by atoms with E-state index in [4.69, 9.17) is 4.42 Å². The van der Waals surface area contributed by atoms with Gasteiger partial charge in [0.15, 0.2) is 11.5 Å². The number of rotatable bonds is 4. The second-order valence-electron chi connectivity index (χ2n) is 8.26. The first kappa shape index (κ1) is 20.6. The molecule has 0 bridgehead atoms. The zero-order chi connectivity index (χ0) is 23.3. The van der Waals surface area contributed by atoms with E-state index in [2.05, 4.69) is 0 Å². The number of para-hydroxylation sites is 1. The summed E-state index contributed by atoms with van der Waals surface area (Å²) in [5, 5.41) is 21.4. The lowest BCUT2D eigenvalue weighted by Crippen LogP contribution is -2.31. The van der Waals surface area contributed by atoms with Crippen LogP contribution in [0.25, 0.3) is 11.0 Å². The standard InChI is InChI=1S/C27H21NO5/c1-15-11-16(2)13-19(12-15)28-24(17-7-9-20(29)10-8-17)23(26(31)27(28)32)25(30)22-14-18-5-3-4-6-21(18)33-22/h3-14,24,29,31H,1-2H3. The summed E-state index contributed by atoms with van der Waals surface area (Å²) >= 11 is 0. The van der Waals surface area contributed by atoms with E-state index in [1.165, 1.54) is 17.0 Å². The van der Waals surface area contributed by atoms with Gasteiger partial charge < -0.3 is 14.6 Å². The summed E-state index contributed by atoms with van der Waals surface area (Å²) in [5.41, 5.74) is 3.50. The number of ketones is 1. The number of hydrogen-bond acceptors (Lipinski definition) is 5. The Labute approximate surface area is 190 Å². The number of aryl methyl sites for hydroxylation is 2. The second kappa shape index (κ2) is 7.67.